The zero-order chi connectivity index (χ0) is 24.2. The lowest BCUT2D eigenvalue weighted by Crippen LogP contribution is -2.42. The number of carbonyl (C=O) groups excluding carboxylic acids is 2. The quantitative estimate of drug-likeness (QED) is 0.524. The van der Waals surface area contributed by atoms with E-state index in [1.54, 1.807) is 24.3 Å². The number of aryl methyl sites for hydroxylation is 1. The van der Waals surface area contributed by atoms with Crippen LogP contribution in [0.5, 0.6) is 0 Å². The lowest BCUT2D eigenvalue weighted by molar-refractivity contribution is -0.126. The summed E-state index contributed by atoms with van der Waals surface area (Å²) in [5.74, 6) is -0.673. The highest BCUT2D eigenvalue weighted by Crippen LogP contribution is 2.31. The minimum atomic E-state index is -0.311. The number of piperidine rings is 1. The molecule has 1 saturated heterocycles. The van der Waals surface area contributed by atoms with E-state index in [0.717, 1.165) is 24.0 Å². The molecule has 2 heterocycles. The second-order valence-corrected chi connectivity index (χ2v) is 9.70. The molecule has 1 aliphatic heterocycles. The van der Waals surface area contributed by atoms with Crippen LogP contribution in [-0.2, 0) is 11.3 Å². The van der Waals surface area contributed by atoms with Gasteiger partial charge in [0.1, 0.15) is 21.5 Å². The van der Waals surface area contributed by atoms with Gasteiger partial charge in [-0.1, -0.05) is 19.1 Å². The highest BCUT2D eigenvalue weighted by molar-refractivity contribution is 7.17. The predicted molar refractivity (Wildman–Crippen MR) is 128 cm³/mol. The van der Waals surface area contributed by atoms with Crippen LogP contribution >= 0.6 is 11.3 Å². The molecule has 8 heteroatoms. The van der Waals surface area contributed by atoms with Gasteiger partial charge in [0.25, 0.3) is 5.91 Å². The first-order valence-electron chi connectivity index (χ1n) is 11.4. The molecule has 1 fully saturated rings. The van der Waals surface area contributed by atoms with E-state index in [4.69, 9.17) is 0 Å². The fraction of sp³-hybridized carbons (Fsp3) is 0.346. The number of hydrogen-bond donors (Lipinski definition) is 1. The van der Waals surface area contributed by atoms with E-state index in [9.17, 15) is 18.4 Å². The molecule has 0 spiro atoms. The maximum Gasteiger partial charge on any atom is 0.265 e. The summed E-state index contributed by atoms with van der Waals surface area (Å²) in [6.07, 6.45) is 1.50. The summed E-state index contributed by atoms with van der Waals surface area (Å²) in [6, 6.07) is 12.2. The Morgan fingerprint density at radius 1 is 1.06 bits per heavy atom. The number of hydrogen-bond acceptors (Lipinski definition) is 4. The van der Waals surface area contributed by atoms with E-state index in [1.807, 2.05) is 18.7 Å². The van der Waals surface area contributed by atoms with Crippen LogP contribution in [0.4, 0.5) is 8.78 Å². The van der Waals surface area contributed by atoms with Gasteiger partial charge in [0.15, 0.2) is 0 Å². The Morgan fingerprint density at radius 2 is 1.65 bits per heavy atom. The number of amides is 2. The second-order valence-electron chi connectivity index (χ2n) is 8.70. The Balaban J connectivity index is 1.31. The second kappa shape index (κ2) is 10.4. The summed E-state index contributed by atoms with van der Waals surface area (Å²) in [4.78, 5) is 32.7. The first-order chi connectivity index (χ1) is 16.3. The summed E-state index contributed by atoms with van der Waals surface area (Å²) in [5, 5.41) is 3.63. The molecule has 0 saturated carbocycles. The molecule has 178 valence electrons. The zero-order valence-corrected chi connectivity index (χ0v) is 20.0. The van der Waals surface area contributed by atoms with Gasteiger partial charge in [0.05, 0.1) is 5.69 Å². The Labute approximate surface area is 201 Å². The highest BCUT2D eigenvalue weighted by atomic mass is 32.1. The molecule has 1 aliphatic rings. The number of likely N-dealkylation sites (tertiary alicyclic amines) is 1. The van der Waals surface area contributed by atoms with Gasteiger partial charge in [0, 0.05) is 31.1 Å². The number of halogens is 2. The third kappa shape index (κ3) is 5.50. The first kappa shape index (κ1) is 24.0. The van der Waals surface area contributed by atoms with Crippen LogP contribution in [0.2, 0.25) is 0 Å². The molecular weight excluding hydrogens is 456 g/mol. The molecule has 4 rings (SSSR count). The normalized spacial score (nSPS) is 15.2. The summed E-state index contributed by atoms with van der Waals surface area (Å²) in [5.41, 5.74) is 2.31. The van der Waals surface area contributed by atoms with Crippen molar-refractivity contribution in [1.29, 1.82) is 0 Å². The molecule has 0 radical (unpaired) electrons. The number of benzene rings is 2. The maximum atomic E-state index is 13.2. The Hall–Kier alpha value is -3.13. The molecule has 0 bridgehead atoms. The SMILES string of the molecule is Cc1nc(-c2ccc(F)cc2)sc1C(=O)N1CCC(C(C)C(=O)NCc2ccc(F)cc2)CC1. The van der Waals surface area contributed by atoms with E-state index in [0.29, 0.717) is 35.2 Å². The molecule has 1 aromatic heterocycles. The monoisotopic (exact) mass is 483 g/mol. The highest BCUT2D eigenvalue weighted by Gasteiger charge is 2.31. The smallest absolute Gasteiger partial charge is 0.265 e. The molecule has 0 aliphatic carbocycles. The van der Waals surface area contributed by atoms with Gasteiger partial charge < -0.3 is 10.2 Å². The third-order valence-electron chi connectivity index (χ3n) is 6.41. The van der Waals surface area contributed by atoms with Crippen LogP contribution in [0.15, 0.2) is 48.5 Å². The number of nitrogens with one attached hydrogen (secondary N) is 1. The van der Waals surface area contributed by atoms with E-state index in [2.05, 4.69) is 10.3 Å². The summed E-state index contributed by atoms with van der Waals surface area (Å²) in [6.45, 7) is 5.27. The topological polar surface area (TPSA) is 62.3 Å². The van der Waals surface area contributed by atoms with Crippen molar-refractivity contribution in [2.24, 2.45) is 11.8 Å². The molecule has 3 aromatic rings. The van der Waals surface area contributed by atoms with Crippen LogP contribution in [-0.4, -0.2) is 34.8 Å². The van der Waals surface area contributed by atoms with Crippen LogP contribution in [0.25, 0.3) is 10.6 Å². The largest absolute Gasteiger partial charge is 0.352 e. The Morgan fingerprint density at radius 3 is 2.26 bits per heavy atom. The van der Waals surface area contributed by atoms with Gasteiger partial charge in [-0.3, -0.25) is 9.59 Å². The van der Waals surface area contributed by atoms with Crippen LogP contribution in [0.1, 0.15) is 40.7 Å². The van der Waals surface area contributed by atoms with Gasteiger partial charge in [-0.05, 0) is 67.6 Å². The standard InChI is InChI=1S/C26H27F2N3O2S/c1-16(24(32)29-15-18-3-7-21(27)8-4-18)19-11-13-31(14-12-19)26(33)23-17(2)30-25(34-23)20-5-9-22(28)10-6-20/h3-10,16,19H,11-15H2,1-2H3,(H,29,32). The summed E-state index contributed by atoms with van der Waals surface area (Å²) >= 11 is 1.33. The van der Waals surface area contributed by atoms with Crippen LogP contribution in [0.3, 0.4) is 0 Å². The maximum absolute atomic E-state index is 13.2. The molecule has 1 unspecified atom stereocenters. The van der Waals surface area contributed by atoms with Crippen molar-refractivity contribution < 1.29 is 18.4 Å². The predicted octanol–water partition coefficient (Wildman–Crippen LogP) is 5.20. The number of carbonyl (C=O) groups is 2. The fourth-order valence-electron chi connectivity index (χ4n) is 4.22. The van der Waals surface area contributed by atoms with E-state index < -0.39 is 0 Å². The summed E-state index contributed by atoms with van der Waals surface area (Å²) in [7, 11) is 0. The number of nitrogens with zero attached hydrogens (tertiary/aromatic N) is 2. The summed E-state index contributed by atoms with van der Waals surface area (Å²) < 4.78 is 26.3. The van der Waals surface area contributed by atoms with Crippen molar-refractivity contribution in [3.05, 3.63) is 76.3 Å². The van der Waals surface area contributed by atoms with Crippen molar-refractivity contribution in [2.45, 2.75) is 33.2 Å². The van der Waals surface area contributed by atoms with Crippen molar-refractivity contribution in [3.8, 4) is 10.6 Å². The van der Waals surface area contributed by atoms with Crippen molar-refractivity contribution in [3.63, 3.8) is 0 Å². The first-order valence-corrected chi connectivity index (χ1v) is 12.2. The molecule has 2 aromatic carbocycles. The minimum Gasteiger partial charge on any atom is -0.352 e. The molecule has 34 heavy (non-hydrogen) atoms. The van der Waals surface area contributed by atoms with Gasteiger partial charge in [0.2, 0.25) is 5.91 Å². The lowest BCUT2D eigenvalue weighted by Gasteiger charge is -2.34. The van der Waals surface area contributed by atoms with Crippen molar-refractivity contribution >= 4 is 23.2 Å². The fourth-order valence-corrected chi connectivity index (χ4v) is 5.26. The average molecular weight is 484 g/mol. The third-order valence-corrected chi connectivity index (χ3v) is 7.60. The number of aromatic nitrogens is 1. The van der Waals surface area contributed by atoms with E-state index in [1.165, 1.54) is 35.6 Å². The Kier molecular flexibility index (Phi) is 7.36. The van der Waals surface area contributed by atoms with E-state index in [-0.39, 0.29) is 35.3 Å². The molecule has 2 amide bonds. The zero-order valence-electron chi connectivity index (χ0n) is 19.2. The number of thiazole rings is 1. The van der Waals surface area contributed by atoms with Crippen LogP contribution in [0, 0.1) is 30.4 Å². The molecule has 1 atom stereocenters. The van der Waals surface area contributed by atoms with Gasteiger partial charge in [-0.15, -0.1) is 11.3 Å². The molecular formula is C26H27F2N3O2S. The van der Waals surface area contributed by atoms with Gasteiger partial charge >= 0.3 is 0 Å². The van der Waals surface area contributed by atoms with Gasteiger partial charge in [-0.25, -0.2) is 13.8 Å². The molecule has 5 nitrogen and oxygen atoms in total. The van der Waals surface area contributed by atoms with Gasteiger partial charge in [-0.2, -0.15) is 0 Å². The lowest BCUT2D eigenvalue weighted by atomic mass is 9.84. The van der Waals surface area contributed by atoms with Crippen LogP contribution < -0.4 is 5.32 Å². The van der Waals surface area contributed by atoms with E-state index >= 15 is 0 Å². The Bertz CT molecular complexity index is 1150. The average Bonchev–Trinajstić information content (AvgIpc) is 3.24. The number of rotatable bonds is 6. The molecule has 1 N–H and O–H groups in total. The van der Waals surface area contributed by atoms with Crippen molar-refractivity contribution in [1.82, 2.24) is 15.2 Å². The minimum absolute atomic E-state index is 0.0312. The van der Waals surface area contributed by atoms with Crippen molar-refractivity contribution in [2.75, 3.05) is 13.1 Å².